The maximum atomic E-state index is 10.7. The summed E-state index contributed by atoms with van der Waals surface area (Å²) in [5, 5.41) is 25.0. The molecule has 0 atom stereocenters. The van der Waals surface area contributed by atoms with E-state index < -0.39 is 0 Å². The largest absolute Gasteiger partial charge is 0.308 e. The van der Waals surface area contributed by atoms with Crippen molar-refractivity contribution in [3.63, 3.8) is 0 Å². The highest BCUT2D eigenvalue weighted by atomic mass is 15.1. The molecule has 17 rings (SSSR count). The van der Waals surface area contributed by atoms with E-state index >= 15 is 0 Å². The average molecular weight is 1250 g/mol. The maximum absolute atomic E-state index is 10.7. The van der Waals surface area contributed by atoms with Crippen molar-refractivity contribution >= 4 is 49.3 Å². The Bertz CT molecular complexity index is 5630. The second-order valence-electron chi connectivity index (χ2n) is 24.4. The lowest BCUT2D eigenvalue weighted by Crippen LogP contribution is -2.06. The first-order chi connectivity index (χ1) is 48.4. The van der Waals surface area contributed by atoms with Crippen molar-refractivity contribution in [2.45, 2.75) is 0 Å². The Morgan fingerprint density at radius 2 is 0.622 bits per heavy atom. The van der Waals surface area contributed by atoms with E-state index in [0.29, 0.717) is 39.9 Å². The Hall–Kier alpha value is -13.8. The minimum Gasteiger partial charge on any atom is -0.308 e. The summed E-state index contributed by atoms with van der Waals surface area (Å²) in [7, 11) is 0. The van der Waals surface area contributed by atoms with E-state index in [1.165, 1.54) is 0 Å². The Kier molecular flexibility index (Phi) is 14.5. The molecule has 3 heterocycles. The van der Waals surface area contributed by atoms with Gasteiger partial charge in [-0.3, -0.25) is 0 Å². The first kappa shape index (κ1) is 58.0. The van der Waals surface area contributed by atoms with Gasteiger partial charge in [0.1, 0.15) is 0 Å². The van der Waals surface area contributed by atoms with E-state index in [2.05, 4.69) is 238 Å². The molecule has 0 saturated carbocycles. The fraction of sp³-hybridized carbons (Fsp3) is 0. The number of nitrogens with zero attached hydrogens (tertiary/aromatic N) is 8. The predicted molar refractivity (Wildman–Crippen MR) is 399 cm³/mol. The molecule has 8 nitrogen and oxygen atoms in total. The van der Waals surface area contributed by atoms with Gasteiger partial charge in [0.05, 0.1) is 63.3 Å². The molecule has 0 spiro atoms. The molecular formula is C90H54N8. The average Bonchev–Trinajstić information content (AvgIpc) is 1.56. The van der Waals surface area contributed by atoms with Gasteiger partial charge in [0, 0.05) is 38.2 Å². The van der Waals surface area contributed by atoms with E-state index in [0.717, 1.165) is 144 Å². The van der Waals surface area contributed by atoms with E-state index in [1.807, 2.05) is 115 Å². The Labute approximate surface area is 566 Å². The molecule has 98 heavy (non-hydrogen) atoms. The lowest BCUT2D eigenvalue weighted by atomic mass is 9.97. The smallest absolute Gasteiger partial charge is 0.194 e. The number of fused-ring (bicyclic) bond motifs is 6. The van der Waals surface area contributed by atoms with Crippen LogP contribution in [0.5, 0.6) is 0 Å². The van der Waals surface area contributed by atoms with Crippen LogP contribution in [0.3, 0.4) is 0 Å². The van der Waals surface area contributed by atoms with Crippen LogP contribution < -0.4 is 0 Å². The number of hydrogen-bond donors (Lipinski definition) is 0. The minimum atomic E-state index is 0.407. The van der Waals surface area contributed by atoms with Crippen LogP contribution in [-0.4, -0.2) is 24.1 Å². The van der Waals surface area contributed by atoms with Gasteiger partial charge in [-0.2, -0.15) is 10.5 Å². The molecule has 0 aliphatic heterocycles. The van der Waals surface area contributed by atoms with Crippen molar-refractivity contribution in [3.05, 3.63) is 350 Å². The summed E-state index contributed by atoms with van der Waals surface area (Å²) < 4.78 is 4.66. The number of rotatable bonds is 12. The summed E-state index contributed by atoms with van der Waals surface area (Å²) in [5.41, 5.74) is 23.1. The lowest BCUT2D eigenvalue weighted by Gasteiger charge is -2.19. The molecule has 17 aromatic rings. The molecule has 0 N–H and O–H groups in total. The zero-order valence-electron chi connectivity index (χ0n) is 52.8. The summed E-state index contributed by atoms with van der Waals surface area (Å²) in [6.45, 7) is 8.40. The zero-order chi connectivity index (χ0) is 65.6. The van der Waals surface area contributed by atoms with Crippen LogP contribution in [0.4, 0.5) is 5.69 Å². The summed E-state index contributed by atoms with van der Waals surface area (Å²) in [5.74, 6) is 1.24. The molecule has 0 radical (unpaired) electrons. The lowest BCUT2D eigenvalue weighted by molar-refractivity contribution is 1.06. The number of nitriles is 2. The third-order valence-electron chi connectivity index (χ3n) is 18.7. The minimum absolute atomic E-state index is 0.407. The van der Waals surface area contributed by atoms with Gasteiger partial charge >= 0.3 is 0 Å². The van der Waals surface area contributed by atoms with Crippen LogP contribution in [-0.2, 0) is 0 Å². The molecule has 0 saturated heterocycles. The first-order valence-electron chi connectivity index (χ1n) is 32.4. The van der Waals surface area contributed by atoms with Crippen molar-refractivity contribution in [2.24, 2.45) is 0 Å². The van der Waals surface area contributed by atoms with Crippen LogP contribution in [0.25, 0.3) is 172 Å². The van der Waals surface area contributed by atoms with Crippen LogP contribution in [0.15, 0.2) is 328 Å². The summed E-state index contributed by atoms with van der Waals surface area (Å²) >= 11 is 0. The van der Waals surface area contributed by atoms with Gasteiger partial charge in [-0.25, -0.2) is 19.8 Å². The normalized spacial score (nSPS) is 11.2. The van der Waals surface area contributed by atoms with Gasteiger partial charge in [-0.15, -0.1) is 0 Å². The molecule has 3 aromatic heterocycles. The van der Waals surface area contributed by atoms with E-state index in [4.69, 9.17) is 21.5 Å². The van der Waals surface area contributed by atoms with Crippen LogP contribution in [0, 0.1) is 29.2 Å². The highest BCUT2D eigenvalue weighted by Gasteiger charge is 2.26. The second kappa shape index (κ2) is 24.6. The first-order valence-corrected chi connectivity index (χ1v) is 32.4. The highest BCUT2D eigenvalue weighted by molar-refractivity contribution is 6.14. The molecule has 14 aromatic carbocycles. The number of aromatic nitrogens is 5. The summed E-state index contributed by atoms with van der Waals surface area (Å²) in [6, 6.07) is 118. The van der Waals surface area contributed by atoms with Crippen LogP contribution in [0.1, 0.15) is 11.1 Å². The van der Waals surface area contributed by atoms with E-state index in [9.17, 15) is 10.5 Å². The fourth-order valence-electron chi connectivity index (χ4n) is 14.0. The topological polar surface area (TPSA) is 100 Å². The number of benzene rings is 14. The van der Waals surface area contributed by atoms with Gasteiger partial charge in [0.25, 0.3) is 0 Å². The molecule has 0 amide bonds. The molecule has 0 aliphatic rings. The molecular weight excluding hydrogens is 1190 g/mol. The zero-order valence-corrected chi connectivity index (χ0v) is 52.8. The number of hydrogen-bond acceptors (Lipinski definition) is 5. The van der Waals surface area contributed by atoms with Crippen LogP contribution >= 0.6 is 0 Å². The van der Waals surface area contributed by atoms with Gasteiger partial charge in [0.15, 0.2) is 23.2 Å². The Morgan fingerprint density at radius 3 is 1.07 bits per heavy atom. The molecule has 0 unspecified atom stereocenters. The van der Waals surface area contributed by atoms with Crippen molar-refractivity contribution in [1.29, 1.82) is 10.5 Å². The van der Waals surface area contributed by atoms with Gasteiger partial charge < -0.3 is 9.13 Å². The Morgan fingerprint density at radius 1 is 0.265 bits per heavy atom. The molecule has 0 aliphatic carbocycles. The standard InChI is InChI=1S/C90H54N8/c1-93-81-35-17-16-34-74(81)70-37-43-76(87(55-70)98-84-46-40-67(61-25-10-4-11-26-61)52-79(84)80-53-68(41-47-85(80)98)62-27-12-5-13-28-62)90-95-88(71-32-19-31-64(49-71)63-30-18-20-58(48-63)56-91)94-89(96-90)75-42-36-69(73-33-15-14-29-72(73)57-92)54-86(75)97-82-44-38-65(59-21-6-2-7-22-59)50-77(82)78-51-66(39-45-83(78)97)60-23-8-3-9-24-60/h2-55H. The third kappa shape index (κ3) is 10.4. The number of para-hydroxylation sites is 1. The van der Waals surface area contributed by atoms with Gasteiger partial charge in [0.2, 0.25) is 0 Å². The summed E-state index contributed by atoms with van der Waals surface area (Å²) in [4.78, 5) is 21.0. The maximum Gasteiger partial charge on any atom is 0.194 e. The third-order valence-corrected chi connectivity index (χ3v) is 18.7. The van der Waals surface area contributed by atoms with Crippen LogP contribution in [0.2, 0.25) is 0 Å². The monoisotopic (exact) mass is 1250 g/mol. The van der Waals surface area contributed by atoms with E-state index in [-0.39, 0.29) is 0 Å². The fourth-order valence-corrected chi connectivity index (χ4v) is 14.0. The molecule has 8 heteroatoms. The van der Waals surface area contributed by atoms with Crippen molar-refractivity contribution in [3.8, 4) is 136 Å². The molecule has 0 bridgehead atoms. The van der Waals surface area contributed by atoms with Crippen molar-refractivity contribution in [2.75, 3.05) is 0 Å². The SMILES string of the molecule is [C-]#[N+]c1ccccc1-c1ccc(-c2nc(-c3cccc(-c4cccc(C#N)c4)c3)nc(-c3ccc(-c4ccccc4C#N)cc3-n3c4ccc(-c5ccccc5)cc4c4cc(-c5ccccc5)ccc43)n2)c(-n2c3ccc(-c4ccccc4)cc3c3cc(-c4ccccc4)ccc32)c1. The quantitative estimate of drug-likeness (QED) is 0.113. The second-order valence-corrected chi connectivity index (χ2v) is 24.4. The van der Waals surface area contributed by atoms with Gasteiger partial charge in [-0.1, -0.05) is 231 Å². The van der Waals surface area contributed by atoms with E-state index in [1.54, 1.807) is 0 Å². The molecule has 0 fully saturated rings. The van der Waals surface area contributed by atoms with Gasteiger partial charge in [-0.05, 0) is 175 Å². The van der Waals surface area contributed by atoms with Crippen molar-refractivity contribution < 1.29 is 0 Å². The summed E-state index contributed by atoms with van der Waals surface area (Å²) in [6.07, 6.45) is 0. The highest BCUT2D eigenvalue weighted by Crippen LogP contribution is 2.45. The Balaban J connectivity index is 0.969. The van der Waals surface area contributed by atoms with Crippen molar-refractivity contribution in [1.82, 2.24) is 24.1 Å². The predicted octanol–water partition coefficient (Wildman–Crippen LogP) is 23.0. The molecule has 454 valence electrons.